The lowest BCUT2D eigenvalue weighted by Gasteiger charge is -2.17. The molecule has 0 spiro atoms. The molecule has 0 saturated carbocycles. The van der Waals surface area contributed by atoms with Crippen LogP contribution < -0.4 is 0 Å². The maximum Gasteiger partial charge on any atom is 0.335 e. The summed E-state index contributed by atoms with van der Waals surface area (Å²) in [6.07, 6.45) is 2.75. The summed E-state index contributed by atoms with van der Waals surface area (Å²) in [7, 11) is 0. The molecule has 1 heterocycles. The fourth-order valence-electron chi connectivity index (χ4n) is 2.14. The van der Waals surface area contributed by atoms with Crippen molar-refractivity contribution in [2.45, 2.75) is 33.1 Å². The molecule has 4 nitrogen and oxygen atoms in total. The number of likely N-dealkylation sites (tertiary alicyclic amines) is 1. The lowest BCUT2D eigenvalue weighted by molar-refractivity contribution is -0.138. The fraction of sp³-hybridized carbons (Fsp3) is 0.692. The molecular formula is C13H21NO3. The molecule has 0 radical (unpaired) electrons. The van der Waals surface area contributed by atoms with Crippen LogP contribution in [0.4, 0.5) is 0 Å². The van der Waals surface area contributed by atoms with E-state index in [1.807, 2.05) is 0 Å². The predicted molar refractivity (Wildman–Crippen MR) is 65.4 cm³/mol. The van der Waals surface area contributed by atoms with Crippen molar-refractivity contribution in [1.29, 1.82) is 0 Å². The third-order valence-corrected chi connectivity index (χ3v) is 2.94. The van der Waals surface area contributed by atoms with Crippen molar-refractivity contribution in [1.82, 2.24) is 4.90 Å². The highest BCUT2D eigenvalue weighted by Gasteiger charge is 2.29. The minimum atomic E-state index is -0.403. The maximum absolute atomic E-state index is 11.7. The second-order valence-electron chi connectivity index (χ2n) is 4.46. The quantitative estimate of drug-likeness (QED) is 0.524. The Morgan fingerprint density at radius 1 is 1.53 bits per heavy atom. The Labute approximate surface area is 103 Å². The largest absolute Gasteiger partial charge is 0.463 e. The molecule has 1 rings (SSSR count). The monoisotopic (exact) mass is 239 g/mol. The van der Waals surface area contributed by atoms with Crippen LogP contribution in [-0.4, -0.2) is 36.5 Å². The van der Waals surface area contributed by atoms with Crippen LogP contribution in [0.1, 0.15) is 33.1 Å². The molecule has 0 aromatic carbocycles. The first kappa shape index (κ1) is 13.7. The lowest BCUT2D eigenvalue weighted by atomic mass is 10.0. The standard InChI is InChI=1S/C13H21NO3/c1-4-6-11-7-12(15)14(9-11)8-10(3)13(16)17-5-2/h11H,3-9H2,1-2H3. The number of rotatable bonds is 6. The van der Waals surface area contributed by atoms with E-state index >= 15 is 0 Å². The minimum Gasteiger partial charge on any atom is -0.463 e. The van der Waals surface area contributed by atoms with Crippen molar-refractivity contribution in [3.8, 4) is 0 Å². The van der Waals surface area contributed by atoms with E-state index in [1.165, 1.54) is 0 Å². The zero-order valence-corrected chi connectivity index (χ0v) is 10.7. The molecule has 1 amide bonds. The summed E-state index contributed by atoms with van der Waals surface area (Å²) < 4.78 is 4.85. The minimum absolute atomic E-state index is 0.119. The highest BCUT2D eigenvalue weighted by Crippen LogP contribution is 2.22. The Morgan fingerprint density at radius 2 is 2.24 bits per heavy atom. The molecule has 1 unspecified atom stereocenters. The summed E-state index contributed by atoms with van der Waals surface area (Å²) in [5.41, 5.74) is 0.359. The zero-order chi connectivity index (χ0) is 12.8. The lowest BCUT2D eigenvalue weighted by Crippen LogP contribution is -2.29. The van der Waals surface area contributed by atoms with E-state index in [4.69, 9.17) is 4.74 Å². The van der Waals surface area contributed by atoms with Crippen LogP contribution in [-0.2, 0) is 14.3 Å². The van der Waals surface area contributed by atoms with Gasteiger partial charge in [0.1, 0.15) is 0 Å². The average molecular weight is 239 g/mol. The van der Waals surface area contributed by atoms with Crippen LogP contribution in [0.15, 0.2) is 12.2 Å². The normalized spacial score (nSPS) is 19.5. The van der Waals surface area contributed by atoms with Crippen LogP contribution in [0.5, 0.6) is 0 Å². The summed E-state index contributed by atoms with van der Waals surface area (Å²) in [5, 5.41) is 0. The number of hydrogen-bond donors (Lipinski definition) is 0. The van der Waals surface area contributed by atoms with Gasteiger partial charge in [0.15, 0.2) is 0 Å². The van der Waals surface area contributed by atoms with Gasteiger partial charge < -0.3 is 9.64 Å². The van der Waals surface area contributed by atoms with Gasteiger partial charge in [-0.2, -0.15) is 0 Å². The van der Waals surface area contributed by atoms with E-state index in [9.17, 15) is 9.59 Å². The Morgan fingerprint density at radius 3 is 2.82 bits per heavy atom. The third-order valence-electron chi connectivity index (χ3n) is 2.94. The summed E-state index contributed by atoms with van der Waals surface area (Å²) >= 11 is 0. The molecule has 1 aliphatic heterocycles. The van der Waals surface area contributed by atoms with Gasteiger partial charge >= 0.3 is 5.97 Å². The van der Waals surface area contributed by atoms with Gasteiger partial charge in [-0.15, -0.1) is 0 Å². The molecular weight excluding hydrogens is 218 g/mol. The molecule has 17 heavy (non-hydrogen) atoms. The van der Waals surface area contributed by atoms with Crippen LogP contribution in [0.25, 0.3) is 0 Å². The average Bonchev–Trinajstić information content (AvgIpc) is 2.60. The highest BCUT2D eigenvalue weighted by molar-refractivity contribution is 5.89. The molecule has 96 valence electrons. The summed E-state index contributed by atoms with van der Waals surface area (Å²) in [5.74, 6) is 0.149. The summed E-state index contributed by atoms with van der Waals surface area (Å²) in [6, 6.07) is 0. The van der Waals surface area contributed by atoms with E-state index in [-0.39, 0.29) is 5.91 Å². The number of ether oxygens (including phenoxy) is 1. The Hall–Kier alpha value is -1.32. The molecule has 1 atom stereocenters. The van der Waals surface area contributed by atoms with Gasteiger partial charge in [-0.3, -0.25) is 4.79 Å². The predicted octanol–water partition coefficient (Wildman–Crippen LogP) is 1.75. The Kier molecular flexibility index (Phi) is 5.19. The van der Waals surface area contributed by atoms with E-state index in [0.717, 1.165) is 19.4 Å². The van der Waals surface area contributed by atoms with Gasteiger partial charge in [0, 0.05) is 18.5 Å². The Balaban J connectivity index is 2.44. The summed E-state index contributed by atoms with van der Waals surface area (Å²) in [4.78, 5) is 24.8. The fourth-order valence-corrected chi connectivity index (χ4v) is 2.14. The number of amides is 1. The second kappa shape index (κ2) is 6.42. The van der Waals surface area contributed by atoms with Gasteiger partial charge in [0.25, 0.3) is 0 Å². The molecule has 4 heteroatoms. The van der Waals surface area contributed by atoms with Crippen LogP contribution in [0.2, 0.25) is 0 Å². The zero-order valence-electron chi connectivity index (χ0n) is 10.7. The molecule has 0 aliphatic carbocycles. The highest BCUT2D eigenvalue weighted by atomic mass is 16.5. The first-order valence-corrected chi connectivity index (χ1v) is 6.21. The topological polar surface area (TPSA) is 46.6 Å². The van der Waals surface area contributed by atoms with Crippen molar-refractivity contribution in [2.24, 2.45) is 5.92 Å². The second-order valence-corrected chi connectivity index (χ2v) is 4.46. The number of carbonyl (C=O) groups is 2. The molecule has 0 aromatic rings. The molecule has 0 aromatic heterocycles. The number of carbonyl (C=O) groups excluding carboxylic acids is 2. The molecule has 1 saturated heterocycles. The van der Waals surface area contributed by atoms with Crippen molar-refractivity contribution < 1.29 is 14.3 Å². The first-order valence-electron chi connectivity index (χ1n) is 6.21. The maximum atomic E-state index is 11.7. The number of nitrogens with zero attached hydrogens (tertiary/aromatic N) is 1. The van der Waals surface area contributed by atoms with Gasteiger partial charge in [-0.1, -0.05) is 19.9 Å². The van der Waals surface area contributed by atoms with Crippen LogP contribution in [0.3, 0.4) is 0 Å². The van der Waals surface area contributed by atoms with Gasteiger partial charge in [0.2, 0.25) is 5.91 Å². The van der Waals surface area contributed by atoms with Crippen LogP contribution in [0, 0.1) is 5.92 Å². The van der Waals surface area contributed by atoms with Gasteiger partial charge in [0.05, 0.1) is 13.2 Å². The molecule has 1 aliphatic rings. The molecule has 0 N–H and O–H groups in total. The van der Waals surface area contributed by atoms with E-state index in [1.54, 1.807) is 11.8 Å². The first-order chi connectivity index (χ1) is 8.08. The van der Waals surface area contributed by atoms with E-state index in [0.29, 0.717) is 31.1 Å². The van der Waals surface area contributed by atoms with E-state index < -0.39 is 5.97 Å². The van der Waals surface area contributed by atoms with Gasteiger partial charge in [-0.05, 0) is 19.3 Å². The Bertz CT molecular complexity index is 312. The number of esters is 1. The van der Waals surface area contributed by atoms with Crippen molar-refractivity contribution in [2.75, 3.05) is 19.7 Å². The SMILES string of the molecule is C=C(CN1CC(CCC)CC1=O)C(=O)OCC. The van der Waals surface area contributed by atoms with E-state index in [2.05, 4.69) is 13.5 Å². The third kappa shape index (κ3) is 3.88. The smallest absolute Gasteiger partial charge is 0.335 e. The number of hydrogen-bond acceptors (Lipinski definition) is 3. The molecule has 1 fully saturated rings. The van der Waals surface area contributed by atoms with Crippen molar-refractivity contribution in [3.63, 3.8) is 0 Å². The van der Waals surface area contributed by atoms with Gasteiger partial charge in [-0.25, -0.2) is 4.79 Å². The molecule has 0 bridgehead atoms. The van der Waals surface area contributed by atoms with Crippen LogP contribution >= 0.6 is 0 Å². The summed E-state index contributed by atoms with van der Waals surface area (Å²) in [6.45, 7) is 8.93. The van der Waals surface area contributed by atoms with Crippen molar-refractivity contribution in [3.05, 3.63) is 12.2 Å². The van der Waals surface area contributed by atoms with Crippen molar-refractivity contribution >= 4 is 11.9 Å².